The van der Waals surface area contributed by atoms with Gasteiger partial charge in [0.15, 0.2) is 0 Å². The summed E-state index contributed by atoms with van der Waals surface area (Å²) in [5.74, 6) is 0.868. The maximum Gasteiger partial charge on any atom is 0.251 e. The van der Waals surface area contributed by atoms with Gasteiger partial charge in [0, 0.05) is 24.5 Å². The van der Waals surface area contributed by atoms with Crippen LogP contribution in [0.15, 0.2) is 0 Å². The lowest BCUT2D eigenvalue weighted by molar-refractivity contribution is -0.147. The SMILES string of the molecule is CC1CCN(C(=O)C2CCCCO2)CC1Br. The lowest BCUT2D eigenvalue weighted by atomic mass is 9.98. The number of carbonyl (C=O) groups excluding carboxylic acids is 1. The summed E-state index contributed by atoms with van der Waals surface area (Å²) in [6.45, 7) is 4.71. The molecule has 3 nitrogen and oxygen atoms in total. The third kappa shape index (κ3) is 2.77. The number of alkyl halides is 1. The normalized spacial score (nSPS) is 36.1. The van der Waals surface area contributed by atoms with Crippen LogP contribution in [0.25, 0.3) is 0 Å². The number of carbonyl (C=O) groups is 1. The molecule has 3 unspecified atom stereocenters. The fourth-order valence-electron chi connectivity index (χ4n) is 2.36. The third-order valence-electron chi connectivity index (χ3n) is 3.63. The average molecular weight is 290 g/mol. The molecule has 2 aliphatic heterocycles. The smallest absolute Gasteiger partial charge is 0.251 e. The van der Waals surface area contributed by atoms with Crippen LogP contribution in [0.2, 0.25) is 0 Å². The number of rotatable bonds is 1. The highest BCUT2D eigenvalue weighted by Gasteiger charge is 2.32. The Hall–Kier alpha value is -0.0900. The number of hydrogen-bond donors (Lipinski definition) is 0. The molecule has 4 heteroatoms. The highest BCUT2D eigenvalue weighted by Crippen LogP contribution is 2.25. The Morgan fingerprint density at radius 3 is 2.81 bits per heavy atom. The lowest BCUT2D eigenvalue weighted by Crippen LogP contribution is -2.48. The van der Waals surface area contributed by atoms with Crippen LogP contribution in [0.4, 0.5) is 0 Å². The fourth-order valence-corrected chi connectivity index (χ4v) is 2.98. The topological polar surface area (TPSA) is 29.5 Å². The van der Waals surface area contributed by atoms with E-state index in [4.69, 9.17) is 4.74 Å². The Kier molecular flexibility index (Phi) is 4.25. The van der Waals surface area contributed by atoms with E-state index in [1.165, 1.54) is 0 Å². The molecule has 0 aliphatic carbocycles. The second kappa shape index (κ2) is 5.50. The number of amides is 1. The molecule has 16 heavy (non-hydrogen) atoms. The van der Waals surface area contributed by atoms with Crippen molar-refractivity contribution in [1.29, 1.82) is 0 Å². The van der Waals surface area contributed by atoms with E-state index in [0.29, 0.717) is 10.7 Å². The highest BCUT2D eigenvalue weighted by atomic mass is 79.9. The first-order valence-electron chi connectivity index (χ1n) is 6.23. The molecule has 0 N–H and O–H groups in total. The largest absolute Gasteiger partial charge is 0.368 e. The van der Waals surface area contributed by atoms with Gasteiger partial charge >= 0.3 is 0 Å². The average Bonchev–Trinajstić information content (AvgIpc) is 2.33. The Labute approximate surface area is 106 Å². The van der Waals surface area contributed by atoms with E-state index in [-0.39, 0.29) is 12.0 Å². The molecule has 0 aromatic rings. The second-order valence-corrected chi connectivity index (χ2v) is 6.10. The van der Waals surface area contributed by atoms with Gasteiger partial charge in [-0.15, -0.1) is 0 Å². The minimum absolute atomic E-state index is 0.165. The van der Waals surface area contributed by atoms with E-state index >= 15 is 0 Å². The van der Waals surface area contributed by atoms with Gasteiger partial charge in [0.05, 0.1) is 0 Å². The van der Waals surface area contributed by atoms with Crippen molar-refractivity contribution in [2.45, 2.75) is 43.5 Å². The monoisotopic (exact) mass is 289 g/mol. The molecule has 2 fully saturated rings. The molecule has 0 bridgehead atoms. The Morgan fingerprint density at radius 2 is 2.19 bits per heavy atom. The zero-order valence-corrected chi connectivity index (χ0v) is 11.4. The Bertz CT molecular complexity index is 253. The molecule has 2 saturated heterocycles. The van der Waals surface area contributed by atoms with Crippen molar-refractivity contribution >= 4 is 21.8 Å². The van der Waals surface area contributed by atoms with Crippen LogP contribution in [0.5, 0.6) is 0 Å². The molecule has 0 aromatic carbocycles. The maximum atomic E-state index is 12.2. The van der Waals surface area contributed by atoms with E-state index in [1.54, 1.807) is 0 Å². The Morgan fingerprint density at radius 1 is 1.38 bits per heavy atom. The van der Waals surface area contributed by atoms with Crippen LogP contribution < -0.4 is 0 Å². The number of ether oxygens (including phenoxy) is 1. The minimum atomic E-state index is -0.165. The lowest BCUT2D eigenvalue weighted by Gasteiger charge is -2.36. The summed E-state index contributed by atoms with van der Waals surface area (Å²) in [7, 11) is 0. The molecule has 0 radical (unpaired) electrons. The highest BCUT2D eigenvalue weighted by molar-refractivity contribution is 9.09. The van der Waals surface area contributed by atoms with Crippen molar-refractivity contribution in [2.75, 3.05) is 19.7 Å². The van der Waals surface area contributed by atoms with E-state index < -0.39 is 0 Å². The van der Waals surface area contributed by atoms with Gasteiger partial charge in [-0.3, -0.25) is 4.79 Å². The van der Waals surface area contributed by atoms with E-state index in [1.807, 2.05) is 4.90 Å². The quantitative estimate of drug-likeness (QED) is 0.693. The van der Waals surface area contributed by atoms with E-state index in [9.17, 15) is 4.79 Å². The van der Waals surface area contributed by atoms with E-state index in [2.05, 4.69) is 22.9 Å². The molecular formula is C12H20BrNO2. The van der Waals surface area contributed by atoms with Gasteiger partial charge in [0.2, 0.25) is 0 Å². The first kappa shape index (κ1) is 12.4. The van der Waals surface area contributed by atoms with Gasteiger partial charge in [-0.25, -0.2) is 0 Å². The molecule has 2 aliphatic rings. The van der Waals surface area contributed by atoms with Crippen molar-refractivity contribution in [3.63, 3.8) is 0 Å². The molecule has 0 spiro atoms. The molecule has 3 atom stereocenters. The van der Waals surface area contributed by atoms with Crippen LogP contribution in [0, 0.1) is 5.92 Å². The van der Waals surface area contributed by atoms with Crippen LogP contribution in [0.3, 0.4) is 0 Å². The Balaban J connectivity index is 1.89. The minimum Gasteiger partial charge on any atom is -0.368 e. The summed E-state index contributed by atoms with van der Waals surface area (Å²) in [6, 6.07) is 0. The summed E-state index contributed by atoms with van der Waals surface area (Å²) < 4.78 is 5.55. The standard InChI is InChI=1S/C12H20BrNO2/c1-9-5-6-14(8-10(9)13)12(15)11-4-2-3-7-16-11/h9-11H,2-8H2,1H3. The van der Waals surface area contributed by atoms with Crippen molar-refractivity contribution in [3.8, 4) is 0 Å². The van der Waals surface area contributed by atoms with Crippen LogP contribution in [-0.2, 0) is 9.53 Å². The predicted molar refractivity (Wildman–Crippen MR) is 66.7 cm³/mol. The van der Waals surface area contributed by atoms with E-state index in [0.717, 1.165) is 45.4 Å². The van der Waals surface area contributed by atoms with Crippen molar-refractivity contribution < 1.29 is 9.53 Å². The first-order chi connectivity index (χ1) is 7.68. The summed E-state index contributed by atoms with van der Waals surface area (Å²) in [4.78, 5) is 14.6. The predicted octanol–water partition coefficient (Wildman–Crippen LogP) is 2.19. The zero-order chi connectivity index (χ0) is 11.5. The number of piperidine rings is 1. The summed E-state index contributed by atoms with van der Waals surface area (Å²) in [5.41, 5.74) is 0. The van der Waals surface area contributed by atoms with Gasteiger partial charge in [-0.2, -0.15) is 0 Å². The van der Waals surface area contributed by atoms with Gasteiger partial charge in [0.1, 0.15) is 6.10 Å². The zero-order valence-electron chi connectivity index (χ0n) is 9.82. The molecule has 1 amide bonds. The third-order valence-corrected chi connectivity index (χ3v) is 4.83. The summed E-state index contributed by atoms with van der Waals surface area (Å²) in [6.07, 6.45) is 4.05. The summed E-state index contributed by atoms with van der Waals surface area (Å²) in [5, 5.41) is 0. The summed E-state index contributed by atoms with van der Waals surface area (Å²) >= 11 is 3.65. The fraction of sp³-hybridized carbons (Fsp3) is 0.917. The second-order valence-electron chi connectivity index (χ2n) is 4.92. The van der Waals surface area contributed by atoms with Crippen LogP contribution in [0.1, 0.15) is 32.6 Å². The molecule has 0 aromatic heterocycles. The van der Waals surface area contributed by atoms with Gasteiger partial charge < -0.3 is 9.64 Å². The maximum absolute atomic E-state index is 12.2. The van der Waals surface area contributed by atoms with Crippen LogP contribution >= 0.6 is 15.9 Å². The molecule has 2 heterocycles. The number of nitrogens with zero attached hydrogens (tertiary/aromatic N) is 1. The number of halogens is 1. The molecular weight excluding hydrogens is 270 g/mol. The van der Waals surface area contributed by atoms with Crippen molar-refractivity contribution in [3.05, 3.63) is 0 Å². The van der Waals surface area contributed by atoms with Crippen molar-refractivity contribution in [2.24, 2.45) is 5.92 Å². The van der Waals surface area contributed by atoms with Gasteiger partial charge in [0.25, 0.3) is 5.91 Å². The molecule has 0 saturated carbocycles. The molecule has 2 rings (SSSR count). The van der Waals surface area contributed by atoms with Crippen LogP contribution in [-0.4, -0.2) is 41.4 Å². The first-order valence-corrected chi connectivity index (χ1v) is 7.14. The molecule has 92 valence electrons. The van der Waals surface area contributed by atoms with Crippen molar-refractivity contribution in [1.82, 2.24) is 4.90 Å². The van der Waals surface area contributed by atoms with Gasteiger partial charge in [-0.05, 0) is 31.6 Å². The number of hydrogen-bond acceptors (Lipinski definition) is 2. The number of likely N-dealkylation sites (tertiary alicyclic amines) is 1. The van der Waals surface area contributed by atoms with Gasteiger partial charge in [-0.1, -0.05) is 22.9 Å².